The average Bonchev–Trinajstić information content (AvgIpc) is 2.75. The third-order valence-electron chi connectivity index (χ3n) is 3.34. The molecule has 4 nitrogen and oxygen atoms in total. The van der Waals surface area contributed by atoms with E-state index in [2.05, 4.69) is 22.0 Å². The van der Waals surface area contributed by atoms with E-state index in [-0.39, 0.29) is 0 Å². The van der Waals surface area contributed by atoms with Crippen molar-refractivity contribution in [2.45, 2.75) is 19.3 Å². The Hall–Kier alpha value is -1.23. The van der Waals surface area contributed by atoms with Crippen molar-refractivity contribution in [3.05, 3.63) is 24.0 Å². The maximum Gasteiger partial charge on any atom is 0.162 e. The van der Waals surface area contributed by atoms with Crippen LogP contribution in [0.1, 0.15) is 18.7 Å². The largest absolute Gasteiger partial charge is 0.385 e. The van der Waals surface area contributed by atoms with Crippen molar-refractivity contribution in [3.63, 3.8) is 0 Å². The minimum Gasteiger partial charge on any atom is -0.385 e. The highest BCUT2D eigenvalue weighted by molar-refractivity contribution is 7.99. The van der Waals surface area contributed by atoms with Gasteiger partial charge in [0.2, 0.25) is 0 Å². The number of fused-ring (bicyclic) bond motifs is 1. The van der Waals surface area contributed by atoms with E-state index in [4.69, 9.17) is 5.73 Å². The summed E-state index contributed by atoms with van der Waals surface area (Å²) >= 11 is 2.05. The molecule has 0 aliphatic carbocycles. The van der Waals surface area contributed by atoms with Gasteiger partial charge in [0.05, 0.1) is 0 Å². The Bertz CT molecular complexity index is 516. The van der Waals surface area contributed by atoms with E-state index in [9.17, 15) is 0 Å². The number of rotatable bonds is 2. The van der Waals surface area contributed by atoms with E-state index >= 15 is 0 Å². The van der Waals surface area contributed by atoms with E-state index in [0.29, 0.717) is 0 Å². The van der Waals surface area contributed by atoms with Gasteiger partial charge in [-0.2, -0.15) is 11.8 Å². The summed E-state index contributed by atoms with van der Waals surface area (Å²) in [5.74, 6) is 5.03. The van der Waals surface area contributed by atoms with Crippen LogP contribution < -0.4 is 5.73 Å². The van der Waals surface area contributed by atoms with E-state index in [1.54, 1.807) is 0 Å². The number of aromatic nitrogens is 3. The fraction of sp³-hybridized carbons (Fsp3) is 0.500. The van der Waals surface area contributed by atoms with Crippen LogP contribution in [0.15, 0.2) is 18.2 Å². The van der Waals surface area contributed by atoms with Gasteiger partial charge in [-0.1, -0.05) is 6.07 Å². The Morgan fingerprint density at radius 2 is 2.12 bits per heavy atom. The van der Waals surface area contributed by atoms with E-state index in [1.807, 2.05) is 22.6 Å². The summed E-state index contributed by atoms with van der Waals surface area (Å²) < 4.78 is 1.97. The van der Waals surface area contributed by atoms with Crippen molar-refractivity contribution >= 4 is 23.2 Å². The molecule has 0 bridgehead atoms. The number of nitrogens with zero attached hydrogens (tertiary/aromatic N) is 3. The smallest absolute Gasteiger partial charge is 0.162 e. The summed E-state index contributed by atoms with van der Waals surface area (Å²) in [5, 5.41) is 8.45. The van der Waals surface area contributed by atoms with Crippen LogP contribution in [-0.2, 0) is 6.42 Å². The van der Waals surface area contributed by atoms with Gasteiger partial charge in [-0.3, -0.25) is 4.40 Å². The van der Waals surface area contributed by atoms with Crippen LogP contribution in [0.2, 0.25) is 0 Å². The number of pyridine rings is 1. The lowest BCUT2D eigenvalue weighted by Gasteiger charge is -2.20. The molecule has 0 aromatic carbocycles. The van der Waals surface area contributed by atoms with Crippen LogP contribution in [0.25, 0.3) is 5.65 Å². The molecule has 5 heteroatoms. The second-order valence-corrected chi connectivity index (χ2v) is 5.75. The maximum atomic E-state index is 5.99. The number of nitrogen functional groups attached to an aromatic ring is 1. The van der Waals surface area contributed by atoms with Crippen LogP contribution in [-0.4, -0.2) is 26.1 Å². The normalized spacial score (nSPS) is 17.6. The van der Waals surface area contributed by atoms with Crippen molar-refractivity contribution in [2.24, 2.45) is 5.92 Å². The summed E-state index contributed by atoms with van der Waals surface area (Å²) in [6.07, 6.45) is 3.56. The molecule has 2 aromatic heterocycles. The van der Waals surface area contributed by atoms with Gasteiger partial charge in [0, 0.05) is 6.42 Å². The van der Waals surface area contributed by atoms with Gasteiger partial charge in [-0.25, -0.2) is 0 Å². The zero-order chi connectivity index (χ0) is 11.7. The first-order valence-corrected chi connectivity index (χ1v) is 7.16. The third kappa shape index (κ3) is 2.11. The number of thioether (sulfide) groups is 1. The highest BCUT2D eigenvalue weighted by atomic mass is 32.2. The Morgan fingerprint density at radius 1 is 1.29 bits per heavy atom. The summed E-state index contributed by atoms with van der Waals surface area (Å²) in [5.41, 5.74) is 6.84. The molecule has 0 amide bonds. The predicted molar refractivity (Wildman–Crippen MR) is 71.2 cm³/mol. The van der Waals surface area contributed by atoms with E-state index in [1.165, 1.54) is 24.3 Å². The number of hydrogen-bond acceptors (Lipinski definition) is 4. The second kappa shape index (κ2) is 4.56. The lowest BCUT2D eigenvalue weighted by atomic mass is 9.98. The molecule has 1 aliphatic rings. The number of nitrogens with two attached hydrogens (primary N) is 1. The van der Waals surface area contributed by atoms with Crippen LogP contribution in [0.3, 0.4) is 0 Å². The fourth-order valence-corrected chi connectivity index (χ4v) is 3.57. The fourth-order valence-electron chi connectivity index (χ4n) is 2.37. The topological polar surface area (TPSA) is 56.2 Å². The predicted octanol–water partition coefficient (Wildman–Crippen LogP) is 2.00. The molecule has 2 N–H and O–H groups in total. The molecular weight excluding hydrogens is 232 g/mol. The molecular formula is C12H16N4S. The van der Waals surface area contributed by atoms with Gasteiger partial charge in [-0.15, -0.1) is 10.2 Å². The Morgan fingerprint density at radius 3 is 2.94 bits per heavy atom. The van der Waals surface area contributed by atoms with Gasteiger partial charge in [-0.05, 0) is 42.4 Å². The summed E-state index contributed by atoms with van der Waals surface area (Å²) in [7, 11) is 0. The molecule has 0 radical (unpaired) electrons. The molecule has 0 saturated carbocycles. The molecule has 1 saturated heterocycles. The zero-order valence-electron chi connectivity index (χ0n) is 9.67. The van der Waals surface area contributed by atoms with Gasteiger partial charge in [0.1, 0.15) is 11.6 Å². The van der Waals surface area contributed by atoms with Crippen LogP contribution >= 0.6 is 11.8 Å². The zero-order valence-corrected chi connectivity index (χ0v) is 10.5. The summed E-state index contributed by atoms with van der Waals surface area (Å²) in [6.45, 7) is 0. The van der Waals surface area contributed by atoms with Crippen LogP contribution in [0.4, 0.5) is 5.82 Å². The minimum absolute atomic E-state index is 0.729. The summed E-state index contributed by atoms with van der Waals surface area (Å²) in [4.78, 5) is 0. The Balaban J connectivity index is 1.89. The van der Waals surface area contributed by atoms with E-state index in [0.717, 1.165) is 29.6 Å². The van der Waals surface area contributed by atoms with Crippen molar-refractivity contribution in [3.8, 4) is 0 Å². The number of hydrogen-bond donors (Lipinski definition) is 1. The molecule has 0 spiro atoms. The molecule has 17 heavy (non-hydrogen) atoms. The second-order valence-electron chi connectivity index (χ2n) is 4.52. The molecule has 3 rings (SSSR count). The Labute approximate surface area is 105 Å². The first kappa shape index (κ1) is 10.9. The minimum atomic E-state index is 0.729. The molecule has 0 unspecified atom stereocenters. The van der Waals surface area contributed by atoms with E-state index < -0.39 is 0 Å². The molecule has 90 valence electrons. The van der Waals surface area contributed by atoms with Crippen molar-refractivity contribution in [1.82, 2.24) is 14.6 Å². The Kier molecular flexibility index (Phi) is 2.93. The van der Waals surface area contributed by atoms with Crippen molar-refractivity contribution in [2.75, 3.05) is 17.2 Å². The van der Waals surface area contributed by atoms with Gasteiger partial charge in [0.25, 0.3) is 0 Å². The first-order chi connectivity index (χ1) is 8.34. The third-order valence-corrected chi connectivity index (χ3v) is 4.39. The van der Waals surface area contributed by atoms with Gasteiger partial charge < -0.3 is 5.73 Å². The lowest BCUT2D eigenvalue weighted by Crippen LogP contribution is -2.14. The maximum absolute atomic E-state index is 5.99. The quantitative estimate of drug-likeness (QED) is 0.883. The first-order valence-electron chi connectivity index (χ1n) is 6.01. The highest BCUT2D eigenvalue weighted by Gasteiger charge is 2.17. The standard InChI is InChI=1S/C12H16N4S/c13-10-2-1-3-11-14-15-12(16(10)11)8-9-4-6-17-7-5-9/h1-3,9H,4-8,13H2. The van der Waals surface area contributed by atoms with Crippen LogP contribution in [0.5, 0.6) is 0 Å². The van der Waals surface area contributed by atoms with Gasteiger partial charge >= 0.3 is 0 Å². The molecule has 0 atom stereocenters. The number of anilines is 1. The SMILES string of the molecule is Nc1cccc2nnc(CC3CCSCC3)n12. The monoisotopic (exact) mass is 248 g/mol. The lowest BCUT2D eigenvalue weighted by molar-refractivity contribution is 0.474. The summed E-state index contributed by atoms with van der Waals surface area (Å²) in [6, 6.07) is 5.76. The molecule has 2 aromatic rings. The highest BCUT2D eigenvalue weighted by Crippen LogP contribution is 2.26. The molecule has 1 fully saturated rings. The van der Waals surface area contributed by atoms with Crippen LogP contribution in [0, 0.1) is 5.92 Å². The molecule has 3 heterocycles. The van der Waals surface area contributed by atoms with Gasteiger partial charge in [0.15, 0.2) is 5.65 Å². The average molecular weight is 248 g/mol. The van der Waals surface area contributed by atoms with Crippen molar-refractivity contribution < 1.29 is 0 Å². The molecule has 1 aliphatic heterocycles. The van der Waals surface area contributed by atoms with Crippen molar-refractivity contribution in [1.29, 1.82) is 0 Å².